The molecule has 0 saturated heterocycles. The highest BCUT2D eigenvalue weighted by molar-refractivity contribution is 6.31. The SMILES string of the molecule is CC1CCCC(CNc2cccc(Cl)c2F)C1. The molecule has 0 heterocycles. The van der Waals surface area contributed by atoms with Crippen molar-refractivity contribution in [2.75, 3.05) is 11.9 Å². The van der Waals surface area contributed by atoms with E-state index in [0.717, 1.165) is 12.5 Å². The first kappa shape index (κ1) is 12.7. The first-order chi connectivity index (χ1) is 8.16. The van der Waals surface area contributed by atoms with Crippen molar-refractivity contribution in [3.05, 3.63) is 29.0 Å². The maximum Gasteiger partial charge on any atom is 0.164 e. The van der Waals surface area contributed by atoms with Crippen molar-refractivity contribution in [1.82, 2.24) is 0 Å². The van der Waals surface area contributed by atoms with Crippen LogP contribution in [0.25, 0.3) is 0 Å². The highest BCUT2D eigenvalue weighted by atomic mass is 35.5. The Kier molecular flexibility index (Phi) is 4.27. The second-order valence-electron chi connectivity index (χ2n) is 5.12. The minimum absolute atomic E-state index is 0.187. The summed E-state index contributed by atoms with van der Waals surface area (Å²) in [4.78, 5) is 0. The summed E-state index contributed by atoms with van der Waals surface area (Å²) >= 11 is 5.74. The highest BCUT2D eigenvalue weighted by Crippen LogP contribution is 2.29. The van der Waals surface area contributed by atoms with Crippen LogP contribution in [0.1, 0.15) is 32.6 Å². The maximum atomic E-state index is 13.6. The minimum atomic E-state index is -0.335. The van der Waals surface area contributed by atoms with Crippen LogP contribution in [0.5, 0.6) is 0 Å². The van der Waals surface area contributed by atoms with Crippen LogP contribution in [0.2, 0.25) is 5.02 Å². The predicted molar refractivity (Wildman–Crippen MR) is 71.0 cm³/mol. The lowest BCUT2D eigenvalue weighted by molar-refractivity contribution is 0.293. The molecule has 17 heavy (non-hydrogen) atoms. The quantitative estimate of drug-likeness (QED) is 0.824. The smallest absolute Gasteiger partial charge is 0.164 e. The van der Waals surface area contributed by atoms with Crippen LogP contribution >= 0.6 is 11.6 Å². The van der Waals surface area contributed by atoms with E-state index in [-0.39, 0.29) is 10.8 Å². The van der Waals surface area contributed by atoms with Crippen molar-refractivity contribution < 1.29 is 4.39 Å². The van der Waals surface area contributed by atoms with Gasteiger partial charge in [-0.25, -0.2) is 4.39 Å². The maximum absolute atomic E-state index is 13.6. The van der Waals surface area contributed by atoms with Crippen molar-refractivity contribution in [2.45, 2.75) is 32.6 Å². The van der Waals surface area contributed by atoms with Crippen LogP contribution in [0, 0.1) is 17.7 Å². The zero-order valence-corrected chi connectivity index (χ0v) is 10.9. The fourth-order valence-corrected chi connectivity index (χ4v) is 2.81. The van der Waals surface area contributed by atoms with Gasteiger partial charge in [-0.1, -0.05) is 37.4 Å². The van der Waals surface area contributed by atoms with Gasteiger partial charge in [0.25, 0.3) is 0 Å². The fraction of sp³-hybridized carbons (Fsp3) is 0.571. The molecule has 0 bridgehead atoms. The van der Waals surface area contributed by atoms with E-state index in [1.165, 1.54) is 25.7 Å². The number of hydrogen-bond acceptors (Lipinski definition) is 1. The molecule has 0 aromatic heterocycles. The van der Waals surface area contributed by atoms with Gasteiger partial charge in [-0.3, -0.25) is 0 Å². The molecule has 0 amide bonds. The third kappa shape index (κ3) is 3.35. The molecule has 1 fully saturated rings. The van der Waals surface area contributed by atoms with Crippen molar-refractivity contribution in [1.29, 1.82) is 0 Å². The summed E-state index contributed by atoms with van der Waals surface area (Å²) in [5.74, 6) is 1.13. The number of nitrogens with one attached hydrogen (secondary N) is 1. The Morgan fingerprint density at radius 3 is 3.00 bits per heavy atom. The molecule has 94 valence electrons. The van der Waals surface area contributed by atoms with Crippen LogP contribution in [0.4, 0.5) is 10.1 Å². The first-order valence-electron chi connectivity index (χ1n) is 6.34. The van der Waals surface area contributed by atoms with Gasteiger partial charge in [0.15, 0.2) is 5.82 Å². The Morgan fingerprint density at radius 1 is 1.41 bits per heavy atom. The third-order valence-corrected chi connectivity index (χ3v) is 3.87. The van der Waals surface area contributed by atoms with E-state index in [0.29, 0.717) is 11.6 Å². The van der Waals surface area contributed by atoms with E-state index in [2.05, 4.69) is 12.2 Å². The second kappa shape index (κ2) is 5.72. The molecule has 2 rings (SSSR count). The van der Waals surface area contributed by atoms with Crippen LogP contribution in [-0.4, -0.2) is 6.54 Å². The molecule has 2 atom stereocenters. The van der Waals surface area contributed by atoms with E-state index < -0.39 is 0 Å². The van der Waals surface area contributed by atoms with Crippen molar-refractivity contribution in [3.63, 3.8) is 0 Å². The molecule has 1 aromatic rings. The van der Waals surface area contributed by atoms with E-state index >= 15 is 0 Å². The Morgan fingerprint density at radius 2 is 2.24 bits per heavy atom. The zero-order valence-electron chi connectivity index (χ0n) is 10.2. The number of benzene rings is 1. The number of halogens is 2. The van der Waals surface area contributed by atoms with Gasteiger partial charge in [0.2, 0.25) is 0 Å². The van der Waals surface area contributed by atoms with Gasteiger partial charge in [0.1, 0.15) is 0 Å². The molecule has 2 unspecified atom stereocenters. The van der Waals surface area contributed by atoms with Crippen molar-refractivity contribution >= 4 is 17.3 Å². The highest BCUT2D eigenvalue weighted by Gasteiger charge is 2.19. The summed E-state index contributed by atoms with van der Waals surface area (Å²) in [6.07, 6.45) is 5.13. The number of hydrogen-bond donors (Lipinski definition) is 1. The standard InChI is InChI=1S/C14H19ClFN/c1-10-4-2-5-11(8-10)9-17-13-7-3-6-12(15)14(13)16/h3,6-7,10-11,17H,2,4-5,8-9H2,1H3. The van der Waals surface area contributed by atoms with Crippen LogP contribution in [-0.2, 0) is 0 Å². The molecule has 3 heteroatoms. The lowest BCUT2D eigenvalue weighted by Gasteiger charge is -2.27. The third-order valence-electron chi connectivity index (χ3n) is 3.58. The summed E-state index contributed by atoms with van der Waals surface area (Å²) in [5, 5.41) is 3.37. The lowest BCUT2D eigenvalue weighted by atomic mass is 9.82. The molecule has 1 aliphatic carbocycles. The van der Waals surface area contributed by atoms with Gasteiger partial charge in [-0.05, 0) is 36.8 Å². The summed E-state index contributed by atoms with van der Waals surface area (Å²) in [7, 11) is 0. The first-order valence-corrected chi connectivity index (χ1v) is 6.72. The minimum Gasteiger partial charge on any atom is -0.382 e. The molecule has 1 N–H and O–H groups in total. The van der Waals surface area contributed by atoms with Crippen molar-refractivity contribution in [2.24, 2.45) is 11.8 Å². The fourth-order valence-electron chi connectivity index (χ4n) is 2.64. The average Bonchev–Trinajstić information content (AvgIpc) is 2.31. The Labute approximate surface area is 107 Å². The molecule has 1 aromatic carbocycles. The summed E-state index contributed by atoms with van der Waals surface area (Å²) < 4.78 is 13.6. The summed E-state index contributed by atoms with van der Waals surface area (Å²) in [6.45, 7) is 3.15. The van der Waals surface area contributed by atoms with Crippen LogP contribution in [0.3, 0.4) is 0 Å². The van der Waals surface area contributed by atoms with Gasteiger partial charge in [-0.2, -0.15) is 0 Å². The topological polar surface area (TPSA) is 12.0 Å². The van der Waals surface area contributed by atoms with Crippen LogP contribution in [0.15, 0.2) is 18.2 Å². The Balaban J connectivity index is 1.91. The number of rotatable bonds is 3. The molecular weight excluding hydrogens is 237 g/mol. The average molecular weight is 256 g/mol. The molecule has 0 aliphatic heterocycles. The molecule has 1 aliphatic rings. The Bertz CT molecular complexity index is 380. The van der Waals surface area contributed by atoms with E-state index in [9.17, 15) is 4.39 Å². The van der Waals surface area contributed by atoms with E-state index in [1.807, 2.05) is 0 Å². The largest absolute Gasteiger partial charge is 0.382 e. The van der Waals surface area contributed by atoms with Gasteiger partial charge in [-0.15, -0.1) is 0 Å². The van der Waals surface area contributed by atoms with Crippen molar-refractivity contribution in [3.8, 4) is 0 Å². The molecule has 1 saturated carbocycles. The van der Waals surface area contributed by atoms with Crippen LogP contribution < -0.4 is 5.32 Å². The lowest BCUT2D eigenvalue weighted by Crippen LogP contribution is -2.21. The summed E-state index contributed by atoms with van der Waals surface area (Å²) in [5.41, 5.74) is 0.524. The van der Waals surface area contributed by atoms with Gasteiger partial charge < -0.3 is 5.32 Å². The summed E-state index contributed by atoms with van der Waals surface area (Å²) in [6, 6.07) is 5.09. The second-order valence-corrected chi connectivity index (χ2v) is 5.53. The van der Waals surface area contributed by atoms with E-state index in [4.69, 9.17) is 11.6 Å². The van der Waals surface area contributed by atoms with E-state index in [1.54, 1.807) is 18.2 Å². The molecule has 1 nitrogen and oxygen atoms in total. The predicted octanol–water partition coefficient (Wildman–Crippen LogP) is 4.72. The molecule has 0 radical (unpaired) electrons. The normalized spacial score (nSPS) is 24.6. The van der Waals surface area contributed by atoms with Gasteiger partial charge in [0, 0.05) is 6.54 Å². The monoisotopic (exact) mass is 255 g/mol. The van der Waals surface area contributed by atoms with Gasteiger partial charge >= 0.3 is 0 Å². The zero-order chi connectivity index (χ0) is 12.3. The molecular formula is C14H19ClFN. The van der Waals surface area contributed by atoms with Gasteiger partial charge in [0.05, 0.1) is 10.7 Å². The molecule has 0 spiro atoms. The Hall–Kier alpha value is -0.760. The number of anilines is 1.